The number of thioether (sulfide) groups is 1. The summed E-state index contributed by atoms with van der Waals surface area (Å²) in [5.41, 5.74) is 0. The van der Waals surface area contributed by atoms with Crippen molar-refractivity contribution in [2.45, 2.75) is 55.1 Å². The van der Waals surface area contributed by atoms with Gasteiger partial charge in [-0.1, -0.05) is 28.8 Å². The van der Waals surface area contributed by atoms with Crippen molar-refractivity contribution in [3.05, 3.63) is 0 Å². The van der Waals surface area contributed by atoms with Crippen LogP contribution in [0.4, 0.5) is 0 Å². The summed E-state index contributed by atoms with van der Waals surface area (Å²) < 4.78 is -0.451. The maximum atomic E-state index is 11.8. The first-order chi connectivity index (χ1) is 6.95. The molecule has 1 aliphatic carbocycles. The van der Waals surface area contributed by atoms with Crippen molar-refractivity contribution in [3.8, 4) is 0 Å². The van der Waals surface area contributed by atoms with Crippen molar-refractivity contribution < 1.29 is 4.79 Å². The van der Waals surface area contributed by atoms with E-state index in [0.29, 0.717) is 11.3 Å². The summed E-state index contributed by atoms with van der Waals surface area (Å²) in [7, 11) is 0. The van der Waals surface area contributed by atoms with Gasteiger partial charge >= 0.3 is 0 Å². The lowest BCUT2D eigenvalue weighted by molar-refractivity contribution is -0.123. The molecule has 15 heavy (non-hydrogen) atoms. The van der Waals surface area contributed by atoms with Gasteiger partial charge in [0, 0.05) is 11.3 Å². The minimum Gasteiger partial charge on any atom is -0.351 e. The van der Waals surface area contributed by atoms with E-state index in [-0.39, 0.29) is 5.91 Å². The Kier molecular flexibility index (Phi) is 4.97. The minimum atomic E-state index is -0.451. The predicted octanol–water partition coefficient (Wildman–Crippen LogP) is 2.95. The summed E-state index contributed by atoms with van der Waals surface area (Å²) in [6, 6.07) is 0.359. The fourth-order valence-electron chi connectivity index (χ4n) is 1.88. The van der Waals surface area contributed by atoms with Gasteiger partial charge in [-0.3, -0.25) is 4.79 Å². The van der Waals surface area contributed by atoms with Gasteiger partial charge in [-0.2, -0.15) is 11.8 Å². The first-order valence-corrected chi connectivity index (χ1v) is 7.56. The quantitative estimate of drug-likeness (QED) is 0.811. The largest absolute Gasteiger partial charge is 0.351 e. The molecule has 0 aromatic heterocycles. The van der Waals surface area contributed by atoms with E-state index in [1.54, 1.807) is 0 Å². The molecule has 0 heterocycles. The van der Waals surface area contributed by atoms with Gasteiger partial charge in [-0.25, -0.2) is 0 Å². The summed E-state index contributed by atoms with van der Waals surface area (Å²) in [5, 5.41) is 3.75. The van der Waals surface area contributed by atoms with Gasteiger partial charge in [0.1, 0.15) is 0 Å². The van der Waals surface area contributed by atoms with Crippen LogP contribution in [-0.4, -0.2) is 27.8 Å². The zero-order valence-corrected chi connectivity index (χ0v) is 12.1. The molecule has 1 N–H and O–H groups in total. The van der Waals surface area contributed by atoms with Crippen LogP contribution in [0.5, 0.6) is 0 Å². The van der Waals surface area contributed by atoms with E-state index in [4.69, 9.17) is 0 Å². The maximum Gasteiger partial charge on any atom is 0.236 e. The van der Waals surface area contributed by atoms with Crippen molar-refractivity contribution in [3.63, 3.8) is 0 Å². The van der Waals surface area contributed by atoms with Crippen LogP contribution in [0.1, 0.15) is 39.5 Å². The van der Waals surface area contributed by atoms with Crippen LogP contribution in [0, 0.1) is 0 Å². The Morgan fingerprint density at radius 1 is 1.40 bits per heavy atom. The van der Waals surface area contributed by atoms with E-state index in [9.17, 15) is 4.79 Å². The number of carbonyl (C=O) groups excluding carboxylic acids is 1. The lowest BCUT2D eigenvalue weighted by atomic mass is 9.94. The normalized spacial score (nSPS) is 27.5. The smallest absolute Gasteiger partial charge is 0.236 e. The second-order valence-electron chi connectivity index (χ2n) is 4.61. The van der Waals surface area contributed by atoms with E-state index >= 15 is 0 Å². The third kappa shape index (κ3) is 3.99. The summed E-state index contributed by atoms with van der Waals surface area (Å²) in [4.78, 5) is 11.8. The Bertz CT molecular complexity index is 227. The fourth-order valence-corrected chi connectivity index (χ4v) is 2.93. The van der Waals surface area contributed by atoms with E-state index in [1.807, 2.05) is 25.6 Å². The van der Waals surface area contributed by atoms with Crippen LogP contribution in [0.25, 0.3) is 0 Å². The topological polar surface area (TPSA) is 29.1 Å². The second-order valence-corrected chi connectivity index (χ2v) is 7.67. The van der Waals surface area contributed by atoms with Crippen LogP contribution < -0.4 is 5.32 Å². The Morgan fingerprint density at radius 3 is 2.53 bits per heavy atom. The minimum absolute atomic E-state index is 0.105. The average molecular weight is 294 g/mol. The van der Waals surface area contributed by atoms with Crippen molar-refractivity contribution in [1.29, 1.82) is 0 Å². The first kappa shape index (κ1) is 13.4. The summed E-state index contributed by atoms with van der Waals surface area (Å²) in [6.45, 7) is 3.78. The molecular formula is C11H20BrNOS. The highest BCUT2D eigenvalue weighted by Gasteiger charge is 2.30. The Labute approximate surface area is 105 Å². The molecule has 0 aromatic rings. The third-order valence-corrected chi connectivity index (χ3v) is 4.39. The molecule has 88 valence electrons. The van der Waals surface area contributed by atoms with Gasteiger partial charge < -0.3 is 5.32 Å². The van der Waals surface area contributed by atoms with E-state index in [1.165, 1.54) is 19.3 Å². The standard InChI is InChI=1S/C11H20BrNOS/c1-11(2,12)10(14)13-8-6-4-5-7-9(8)15-3/h8-9H,4-7H2,1-3H3,(H,13,14). The van der Waals surface area contributed by atoms with Gasteiger partial charge in [0.25, 0.3) is 0 Å². The number of amides is 1. The van der Waals surface area contributed by atoms with Crippen molar-refractivity contribution in [2.24, 2.45) is 0 Å². The second kappa shape index (κ2) is 5.58. The van der Waals surface area contributed by atoms with Gasteiger partial charge in [-0.05, 0) is 32.9 Å². The summed E-state index contributed by atoms with van der Waals surface area (Å²) in [6.07, 6.45) is 7.03. The van der Waals surface area contributed by atoms with Crippen LogP contribution in [0.15, 0.2) is 0 Å². The maximum absolute atomic E-state index is 11.8. The van der Waals surface area contributed by atoms with Gasteiger partial charge in [0.2, 0.25) is 5.91 Å². The number of carbonyl (C=O) groups is 1. The Morgan fingerprint density at radius 2 is 2.00 bits per heavy atom. The SMILES string of the molecule is CSC1CCCCC1NC(=O)C(C)(C)Br. The monoisotopic (exact) mass is 293 g/mol. The van der Waals surface area contributed by atoms with Crippen LogP contribution >= 0.6 is 27.7 Å². The number of alkyl halides is 1. The molecule has 1 saturated carbocycles. The molecule has 2 nitrogen and oxygen atoms in total. The lowest BCUT2D eigenvalue weighted by Crippen LogP contribution is -2.48. The number of rotatable bonds is 3. The molecule has 2 unspecified atom stereocenters. The molecule has 1 amide bonds. The number of hydrogen-bond acceptors (Lipinski definition) is 2. The van der Waals surface area contributed by atoms with Crippen molar-refractivity contribution in [2.75, 3.05) is 6.26 Å². The molecule has 2 atom stereocenters. The zero-order valence-electron chi connectivity index (χ0n) is 9.68. The molecule has 0 radical (unpaired) electrons. The molecule has 0 bridgehead atoms. The molecule has 0 aromatic carbocycles. The van der Waals surface area contributed by atoms with E-state index in [0.717, 1.165) is 6.42 Å². The summed E-state index contributed by atoms with van der Waals surface area (Å²) in [5.74, 6) is 0.105. The highest BCUT2D eigenvalue weighted by Crippen LogP contribution is 2.28. The molecule has 0 aliphatic heterocycles. The fraction of sp³-hybridized carbons (Fsp3) is 0.909. The Balaban J connectivity index is 2.52. The van der Waals surface area contributed by atoms with Crippen LogP contribution in [0.2, 0.25) is 0 Å². The number of halogens is 1. The molecule has 4 heteroatoms. The van der Waals surface area contributed by atoms with Crippen molar-refractivity contribution >= 4 is 33.6 Å². The zero-order chi connectivity index (χ0) is 11.5. The van der Waals surface area contributed by atoms with Crippen molar-refractivity contribution in [1.82, 2.24) is 5.32 Å². The third-order valence-electron chi connectivity index (χ3n) is 2.86. The van der Waals surface area contributed by atoms with Crippen LogP contribution in [-0.2, 0) is 4.79 Å². The molecular weight excluding hydrogens is 274 g/mol. The van der Waals surface area contributed by atoms with Gasteiger partial charge in [0.05, 0.1) is 4.32 Å². The Hall–Kier alpha value is 0.300. The first-order valence-electron chi connectivity index (χ1n) is 5.48. The molecule has 0 saturated heterocycles. The highest BCUT2D eigenvalue weighted by molar-refractivity contribution is 9.10. The van der Waals surface area contributed by atoms with Gasteiger partial charge in [0.15, 0.2) is 0 Å². The predicted molar refractivity (Wildman–Crippen MR) is 70.7 cm³/mol. The van der Waals surface area contributed by atoms with E-state index < -0.39 is 4.32 Å². The van der Waals surface area contributed by atoms with Crippen LogP contribution in [0.3, 0.4) is 0 Å². The highest BCUT2D eigenvalue weighted by atomic mass is 79.9. The number of nitrogens with one attached hydrogen (secondary N) is 1. The molecule has 1 fully saturated rings. The van der Waals surface area contributed by atoms with Gasteiger partial charge in [-0.15, -0.1) is 0 Å². The average Bonchev–Trinajstić information content (AvgIpc) is 2.17. The number of hydrogen-bond donors (Lipinski definition) is 1. The lowest BCUT2D eigenvalue weighted by Gasteiger charge is -2.32. The summed E-state index contributed by atoms with van der Waals surface area (Å²) >= 11 is 5.27. The molecule has 1 rings (SSSR count). The van der Waals surface area contributed by atoms with E-state index in [2.05, 4.69) is 27.5 Å². The molecule has 0 spiro atoms. The molecule has 1 aliphatic rings.